The first-order valence-corrected chi connectivity index (χ1v) is 8.53. The Morgan fingerprint density at radius 2 is 1.96 bits per heavy atom. The summed E-state index contributed by atoms with van der Waals surface area (Å²) in [6.45, 7) is 3.77. The van der Waals surface area contributed by atoms with Crippen LogP contribution in [0, 0.1) is 0 Å². The van der Waals surface area contributed by atoms with Gasteiger partial charge >= 0.3 is 0 Å². The molecule has 0 unspecified atom stereocenters. The van der Waals surface area contributed by atoms with Crippen molar-refractivity contribution < 1.29 is 5.11 Å². The number of benzene rings is 1. The summed E-state index contributed by atoms with van der Waals surface area (Å²) >= 11 is 0. The number of unbranched alkanes of at least 4 members (excludes halogenated alkanes) is 2. The molecule has 0 aromatic heterocycles. The zero-order valence-electron chi connectivity index (χ0n) is 14.3. The number of fused-ring (bicyclic) bond motifs is 1. The van der Waals surface area contributed by atoms with Crippen molar-refractivity contribution in [2.75, 3.05) is 13.6 Å². The van der Waals surface area contributed by atoms with E-state index < -0.39 is 0 Å². The zero-order valence-corrected chi connectivity index (χ0v) is 16.7. The van der Waals surface area contributed by atoms with E-state index in [4.69, 9.17) is 0 Å². The Balaban J connectivity index is 0.00000264. The SMILES string of the molecule is CCCCCNC(=NC)NCc1c(O)ccc2c1CCCC2.I. The van der Waals surface area contributed by atoms with Crippen LogP contribution >= 0.6 is 24.0 Å². The van der Waals surface area contributed by atoms with E-state index >= 15 is 0 Å². The van der Waals surface area contributed by atoms with Gasteiger partial charge in [0.2, 0.25) is 0 Å². The van der Waals surface area contributed by atoms with Crippen LogP contribution in [0.25, 0.3) is 0 Å². The first-order valence-electron chi connectivity index (χ1n) is 8.53. The number of aliphatic imine (C=N–C) groups is 1. The number of hydrogen-bond acceptors (Lipinski definition) is 2. The second-order valence-corrected chi connectivity index (χ2v) is 5.97. The summed E-state index contributed by atoms with van der Waals surface area (Å²) < 4.78 is 0. The quantitative estimate of drug-likeness (QED) is 0.278. The van der Waals surface area contributed by atoms with Crippen LogP contribution in [-0.2, 0) is 19.4 Å². The van der Waals surface area contributed by atoms with Gasteiger partial charge in [0, 0.05) is 25.7 Å². The van der Waals surface area contributed by atoms with E-state index in [1.807, 2.05) is 6.07 Å². The Bertz CT molecular complexity index is 517. The van der Waals surface area contributed by atoms with E-state index in [1.54, 1.807) is 7.05 Å². The summed E-state index contributed by atoms with van der Waals surface area (Å²) in [4.78, 5) is 4.26. The van der Waals surface area contributed by atoms with Gasteiger partial charge in [-0.05, 0) is 49.3 Å². The molecule has 1 aromatic rings. The van der Waals surface area contributed by atoms with Gasteiger partial charge in [0.15, 0.2) is 5.96 Å². The fourth-order valence-corrected chi connectivity index (χ4v) is 3.06. The highest BCUT2D eigenvalue weighted by molar-refractivity contribution is 14.0. The number of phenolic OH excluding ortho intramolecular Hbond substituents is 1. The minimum Gasteiger partial charge on any atom is -0.508 e. The van der Waals surface area contributed by atoms with Crippen molar-refractivity contribution in [3.8, 4) is 5.75 Å². The molecular formula is C18H30IN3O. The van der Waals surface area contributed by atoms with Crippen molar-refractivity contribution in [2.24, 2.45) is 4.99 Å². The highest BCUT2D eigenvalue weighted by Crippen LogP contribution is 2.30. The summed E-state index contributed by atoms with van der Waals surface area (Å²) in [5.74, 6) is 1.21. The second kappa shape index (κ2) is 10.7. The van der Waals surface area contributed by atoms with Crippen LogP contribution in [0.5, 0.6) is 5.75 Å². The smallest absolute Gasteiger partial charge is 0.191 e. The van der Waals surface area contributed by atoms with Crippen molar-refractivity contribution in [1.82, 2.24) is 10.6 Å². The first-order chi connectivity index (χ1) is 10.8. The molecule has 0 amide bonds. The maximum absolute atomic E-state index is 10.2. The minimum atomic E-state index is 0. The molecule has 1 aliphatic carbocycles. The second-order valence-electron chi connectivity index (χ2n) is 5.97. The van der Waals surface area contributed by atoms with Gasteiger partial charge in [-0.15, -0.1) is 24.0 Å². The molecule has 1 aromatic carbocycles. The van der Waals surface area contributed by atoms with E-state index in [9.17, 15) is 5.11 Å². The fraction of sp³-hybridized carbons (Fsp3) is 0.611. The molecule has 5 heteroatoms. The molecule has 0 saturated carbocycles. The summed E-state index contributed by atoms with van der Waals surface area (Å²) in [6.07, 6.45) is 8.28. The van der Waals surface area contributed by atoms with Gasteiger partial charge in [0.05, 0.1) is 0 Å². The monoisotopic (exact) mass is 431 g/mol. The third kappa shape index (κ3) is 5.86. The topological polar surface area (TPSA) is 56.7 Å². The van der Waals surface area contributed by atoms with Crippen LogP contribution < -0.4 is 10.6 Å². The molecule has 0 heterocycles. The molecule has 0 aliphatic heterocycles. The molecule has 0 bridgehead atoms. The van der Waals surface area contributed by atoms with Gasteiger partial charge in [0.1, 0.15) is 5.75 Å². The molecule has 130 valence electrons. The number of nitrogens with zero attached hydrogens (tertiary/aromatic N) is 1. The molecule has 23 heavy (non-hydrogen) atoms. The van der Waals surface area contributed by atoms with E-state index in [0.29, 0.717) is 12.3 Å². The number of guanidine groups is 1. The van der Waals surface area contributed by atoms with Crippen molar-refractivity contribution in [1.29, 1.82) is 0 Å². The maximum atomic E-state index is 10.2. The molecule has 0 radical (unpaired) electrons. The first kappa shape index (κ1) is 20.1. The normalized spacial score (nSPS) is 13.9. The van der Waals surface area contributed by atoms with Crippen molar-refractivity contribution in [3.63, 3.8) is 0 Å². The molecule has 0 atom stereocenters. The number of halogens is 1. The zero-order chi connectivity index (χ0) is 15.8. The Labute approximate surface area is 157 Å². The molecular weight excluding hydrogens is 401 g/mol. The highest BCUT2D eigenvalue weighted by Gasteiger charge is 2.16. The lowest BCUT2D eigenvalue weighted by molar-refractivity contribution is 0.464. The number of hydrogen-bond donors (Lipinski definition) is 3. The molecule has 2 rings (SSSR count). The molecule has 4 nitrogen and oxygen atoms in total. The van der Waals surface area contributed by atoms with E-state index in [1.165, 1.54) is 36.8 Å². The van der Waals surface area contributed by atoms with Gasteiger partial charge in [-0.2, -0.15) is 0 Å². The standard InChI is InChI=1S/C18H29N3O.HI/c1-3-4-7-12-20-18(19-2)21-13-16-15-9-6-5-8-14(15)10-11-17(16)22;/h10-11,22H,3-9,12-13H2,1-2H3,(H2,19,20,21);1H. The number of rotatable bonds is 6. The average molecular weight is 431 g/mol. The van der Waals surface area contributed by atoms with Crippen LogP contribution in [-0.4, -0.2) is 24.7 Å². The van der Waals surface area contributed by atoms with Crippen molar-refractivity contribution in [3.05, 3.63) is 28.8 Å². The number of nitrogens with one attached hydrogen (secondary N) is 2. The minimum absolute atomic E-state index is 0. The van der Waals surface area contributed by atoms with Gasteiger partial charge in [0.25, 0.3) is 0 Å². The lowest BCUT2D eigenvalue weighted by Gasteiger charge is -2.21. The third-order valence-electron chi connectivity index (χ3n) is 4.36. The van der Waals surface area contributed by atoms with E-state index in [2.05, 4.69) is 28.6 Å². The number of aromatic hydroxyl groups is 1. The largest absolute Gasteiger partial charge is 0.508 e. The molecule has 3 N–H and O–H groups in total. The number of aryl methyl sites for hydroxylation is 1. The summed E-state index contributed by atoms with van der Waals surface area (Å²) in [5.41, 5.74) is 3.76. The Morgan fingerprint density at radius 1 is 1.17 bits per heavy atom. The predicted octanol–water partition coefficient (Wildman–Crippen LogP) is 3.74. The van der Waals surface area contributed by atoms with Gasteiger partial charge < -0.3 is 15.7 Å². The van der Waals surface area contributed by atoms with Crippen molar-refractivity contribution in [2.45, 2.75) is 58.4 Å². The lowest BCUT2D eigenvalue weighted by atomic mass is 9.88. The predicted molar refractivity (Wildman–Crippen MR) is 108 cm³/mol. The fourth-order valence-electron chi connectivity index (χ4n) is 3.06. The maximum Gasteiger partial charge on any atom is 0.191 e. The Morgan fingerprint density at radius 3 is 2.70 bits per heavy atom. The third-order valence-corrected chi connectivity index (χ3v) is 4.36. The van der Waals surface area contributed by atoms with Gasteiger partial charge in [-0.25, -0.2) is 0 Å². The Kier molecular flexibility index (Phi) is 9.36. The van der Waals surface area contributed by atoms with Crippen LogP contribution in [0.1, 0.15) is 55.7 Å². The van der Waals surface area contributed by atoms with Crippen LogP contribution in [0.2, 0.25) is 0 Å². The highest BCUT2D eigenvalue weighted by atomic mass is 127. The summed E-state index contributed by atoms with van der Waals surface area (Å²) in [6, 6.07) is 3.91. The van der Waals surface area contributed by atoms with Crippen LogP contribution in [0.15, 0.2) is 17.1 Å². The van der Waals surface area contributed by atoms with Crippen LogP contribution in [0.4, 0.5) is 0 Å². The molecule has 0 fully saturated rings. The average Bonchev–Trinajstić information content (AvgIpc) is 2.55. The molecule has 0 spiro atoms. The molecule has 0 saturated heterocycles. The Hall–Kier alpha value is -0.980. The molecule has 1 aliphatic rings. The van der Waals surface area contributed by atoms with E-state index in [-0.39, 0.29) is 24.0 Å². The van der Waals surface area contributed by atoms with Gasteiger partial charge in [-0.3, -0.25) is 4.99 Å². The number of phenols is 1. The van der Waals surface area contributed by atoms with E-state index in [0.717, 1.165) is 37.3 Å². The summed E-state index contributed by atoms with van der Waals surface area (Å²) in [7, 11) is 1.79. The van der Waals surface area contributed by atoms with Crippen LogP contribution in [0.3, 0.4) is 0 Å². The summed E-state index contributed by atoms with van der Waals surface area (Å²) in [5, 5.41) is 16.9. The van der Waals surface area contributed by atoms with Gasteiger partial charge in [-0.1, -0.05) is 25.8 Å². The lowest BCUT2D eigenvalue weighted by Crippen LogP contribution is -2.37. The van der Waals surface area contributed by atoms with Crippen molar-refractivity contribution >= 4 is 29.9 Å².